The normalized spacial score (nSPS) is 10.5. The standard InChI is InChI=1S/C24H26ClNO4/c1-27-22-11-18(9-10-21(22)30-16-17-7-5-4-6-8-17)14-26-15-19-12-23(28-2)24(29-3)13-20(19)25/h4-13,26H,14-16H2,1-3H3. The molecular weight excluding hydrogens is 402 g/mol. The zero-order chi connectivity index (χ0) is 21.3. The van der Waals surface area contributed by atoms with Gasteiger partial charge in [0.25, 0.3) is 0 Å². The van der Waals surface area contributed by atoms with E-state index >= 15 is 0 Å². The van der Waals surface area contributed by atoms with Gasteiger partial charge in [-0.3, -0.25) is 0 Å². The molecule has 0 atom stereocenters. The fourth-order valence-electron chi connectivity index (χ4n) is 3.05. The van der Waals surface area contributed by atoms with Gasteiger partial charge in [0.1, 0.15) is 6.61 Å². The smallest absolute Gasteiger partial charge is 0.162 e. The van der Waals surface area contributed by atoms with Crippen molar-refractivity contribution in [3.8, 4) is 23.0 Å². The fourth-order valence-corrected chi connectivity index (χ4v) is 3.27. The van der Waals surface area contributed by atoms with Crippen molar-refractivity contribution >= 4 is 11.6 Å². The average molecular weight is 428 g/mol. The van der Waals surface area contributed by atoms with Gasteiger partial charge in [-0.05, 0) is 34.9 Å². The Morgan fingerprint density at radius 1 is 0.700 bits per heavy atom. The monoisotopic (exact) mass is 427 g/mol. The number of hydrogen-bond donors (Lipinski definition) is 1. The van der Waals surface area contributed by atoms with Crippen LogP contribution in [0, 0.1) is 0 Å². The van der Waals surface area contributed by atoms with Crippen LogP contribution in [0.5, 0.6) is 23.0 Å². The first-order valence-electron chi connectivity index (χ1n) is 9.59. The molecular formula is C24H26ClNO4. The summed E-state index contributed by atoms with van der Waals surface area (Å²) in [5.74, 6) is 2.68. The van der Waals surface area contributed by atoms with Crippen LogP contribution in [0.4, 0.5) is 0 Å². The molecule has 0 spiro atoms. The van der Waals surface area contributed by atoms with Crippen LogP contribution in [0.1, 0.15) is 16.7 Å². The maximum Gasteiger partial charge on any atom is 0.162 e. The Morgan fingerprint density at radius 3 is 2.07 bits per heavy atom. The van der Waals surface area contributed by atoms with Gasteiger partial charge in [-0.25, -0.2) is 0 Å². The molecule has 5 nitrogen and oxygen atoms in total. The highest BCUT2D eigenvalue weighted by Crippen LogP contribution is 2.33. The van der Waals surface area contributed by atoms with Crippen molar-refractivity contribution in [1.82, 2.24) is 5.32 Å². The van der Waals surface area contributed by atoms with Gasteiger partial charge in [-0.2, -0.15) is 0 Å². The van der Waals surface area contributed by atoms with Gasteiger partial charge in [0.05, 0.1) is 21.3 Å². The van der Waals surface area contributed by atoms with Crippen LogP contribution in [0.2, 0.25) is 5.02 Å². The number of hydrogen-bond acceptors (Lipinski definition) is 5. The zero-order valence-corrected chi connectivity index (χ0v) is 18.2. The van der Waals surface area contributed by atoms with E-state index in [-0.39, 0.29) is 0 Å². The highest BCUT2D eigenvalue weighted by Gasteiger charge is 2.10. The molecule has 0 aliphatic carbocycles. The van der Waals surface area contributed by atoms with Crippen molar-refractivity contribution < 1.29 is 18.9 Å². The van der Waals surface area contributed by atoms with Crippen LogP contribution < -0.4 is 24.3 Å². The second kappa shape index (κ2) is 10.8. The van der Waals surface area contributed by atoms with Gasteiger partial charge in [0, 0.05) is 24.2 Å². The first-order chi connectivity index (χ1) is 14.6. The molecule has 1 N–H and O–H groups in total. The lowest BCUT2D eigenvalue weighted by molar-refractivity contribution is 0.284. The lowest BCUT2D eigenvalue weighted by atomic mass is 10.1. The van der Waals surface area contributed by atoms with E-state index in [1.165, 1.54) is 0 Å². The van der Waals surface area contributed by atoms with E-state index in [0.717, 1.165) is 16.7 Å². The molecule has 158 valence electrons. The Morgan fingerprint density at radius 2 is 1.37 bits per heavy atom. The van der Waals surface area contributed by atoms with E-state index < -0.39 is 0 Å². The van der Waals surface area contributed by atoms with Gasteiger partial charge < -0.3 is 24.3 Å². The van der Waals surface area contributed by atoms with Gasteiger partial charge >= 0.3 is 0 Å². The predicted molar refractivity (Wildman–Crippen MR) is 119 cm³/mol. The summed E-state index contributed by atoms with van der Waals surface area (Å²) in [6.45, 7) is 1.74. The van der Waals surface area contributed by atoms with E-state index in [2.05, 4.69) is 5.32 Å². The molecule has 0 saturated heterocycles. The summed E-state index contributed by atoms with van der Waals surface area (Å²) in [6, 6.07) is 19.6. The van der Waals surface area contributed by atoms with Crippen LogP contribution >= 0.6 is 11.6 Å². The topological polar surface area (TPSA) is 49.0 Å². The van der Waals surface area contributed by atoms with E-state index in [4.69, 9.17) is 30.5 Å². The van der Waals surface area contributed by atoms with Crippen molar-refractivity contribution in [2.75, 3.05) is 21.3 Å². The highest BCUT2D eigenvalue weighted by molar-refractivity contribution is 6.31. The van der Waals surface area contributed by atoms with Crippen molar-refractivity contribution in [3.63, 3.8) is 0 Å². The summed E-state index contributed by atoms with van der Waals surface area (Å²) in [5, 5.41) is 4.03. The van der Waals surface area contributed by atoms with Gasteiger partial charge in [-0.15, -0.1) is 0 Å². The molecule has 0 heterocycles. The summed E-state index contributed by atoms with van der Waals surface area (Å²) in [5.41, 5.74) is 3.12. The molecule has 0 bridgehead atoms. The molecule has 3 rings (SSSR count). The summed E-state index contributed by atoms with van der Waals surface area (Å²) in [6.07, 6.45) is 0. The van der Waals surface area contributed by atoms with Crippen LogP contribution in [0.15, 0.2) is 60.7 Å². The van der Waals surface area contributed by atoms with Crippen molar-refractivity contribution in [2.24, 2.45) is 0 Å². The lowest BCUT2D eigenvalue weighted by Gasteiger charge is -2.14. The van der Waals surface area contributed by atoms with Crippen molar-refractivity contribution in [1.29, 1.82) is 0 Å². The van der Waals surface area contributed by atoms with Crippen LogP contribution in [0.3, 0.4) is 0 Å². The minimum atomic E-state index is 0.493. The van der Waals surface area contributed by atoms with Crippen molar-refractivity contribution in [3.05, 3.63) is 82.4 Å². The van der Waals surface area contributed by atoms with Gasteiger partial charge in [0.15, 0.2) is 23.0 Å². The molecule has 0 aromatic heterocycles. The second-order valence-corrected chi connectivity index (χ2v) is 7.07. The molecule has 3 aromatic rings. The number of nitrogens with one attached hydrogen (secondary N) is 1. The number of rotatable bonds is 10. The number of benzene rings is 3. The molecule has 6 heteroatoms. The second-order valence-electron chi connectivity index (χ2n) is 6.66. The largest absolute Gasteiger partial charge is 0.493 e. The van der Waals surface area contributed by atoms with E-state index in [9.17, 15) is 0 Å². The summed E-state index contributed by atoms with van der Waals surface area (Å²) in [4.78, 5) is 0. The lowest BCUT2D eigenvalue weighted by Crippen LogP contribution is -2.13. The third kappa shape index (κ3) is 5.59. The average Bonchev–Trinajstić information content (AvgIpc) is 2.79. The van der Waals surface area contributed by atoms with Crippen LogP contribution in [-0.2, 0) is 19.7 Å². The Balaban J connectivity index is 1.61. The summed E-state index contributed by atoms with van der Waals surface area (Å²) < 4.78 is 22.1. The molecule has 0 aliphatic heterocycles. The number of halogens is 1. The maximum atomic E-state index is 6.36. The maximum absolute atomic E-state index is 6.36. The third-order valence-corrected chi connectivity index (χ3v) is 5.01. The van der Waals surface area contributed by atoms with E-state index in [0.29, 0.717) is 47.7 Å². The molecule has 0 aliphatic rings. The molecule has 3 aromatic carbocycles. The van der Waals surface area contributed by atoms with Gasteiger partial charge in [-0.1, -0.05) is 48.0 Å². The molecule has 0 saturated carbocycles. The third-order valence-electron chi connectivity index (χ3n) is 4.66. The number of methoxy groups -OCH3 is 3. The Labute approximate surface area is 182 Å². The van der Waals surface area contributed by atoms with Crippen molar-refractivity contribution in [2.45, 2.75) is 19.7 Å². The number of ether oxygens (including phenoxy) is 4. The molecule has 0 amide bonds. The minimum absolute atomic E-state index is 0.493. The fraction of sp³-hybridized carbons (Fsp3) is 0.250. The molecule has 0 unspecified atom stereocenters. The van der Waals surface area contributed by atoms with E-state index in [1.807, 2.05) is 54.6 Å². The Bertz CT molecular complexity index is 963. The molecule has 30 heavy (non-hydrogen) atoms. The quantitative estimate of drug-likeness (QED) is 0.479. The Hall–Kier alpha value is -2.89. The predicted octanol–water partition coefficient (Wildman–Crippen LogP) is 5.23. The van der Waals surface area contributed by atoms with Gasteiger partial charge in [0.2, 0.25) is 0 Å². The SMILES string of the molecule is COc1cc(Cl)c(CNCc2ccc(OCc3ccccc3)c(OC)c2)cc1OC. The first kappa shape index (κ1) is 21.8. The highest BCUT2D eigenvalue weighted by atomic mass is 35.5. The summed E-state index contributed by atoms with van der Waals surface area (Å²) >= 11 is 6.36. The first-order valence-corrected chi connectivity index (χ1v) is 9.97. The van der Waals surface area contributed by atoms with Crippen LogP contribution in [-0.4, -0.2) is 21.3 Å². The zero-order valence-electron chi connectivity index (χ0n) is 17.4. The minimum Gasteiger partial charge on any atom is -0.493 e. The van der Waals surface area contributed by atoms with Crippen LogP contribution in [0.25, 0.3) is 0 Å². The molecule has 0 radical (unpaired) electrons. The Kier molecular flexibility index (Phi) is 7.82. The van der Waals surface area contributed by atoms with E-state index in [1.54, 1.807) is 27.4 Å². The summed E-state index contributed by atoms with van der Waals surface area (Å²) in [7, 11) is 4.84. The molecule has 0 fully saturated rings.